The number of hydrogen-bond donors (Lipinski definition) is 3. The molecule has 35 heavy (non-hydrogen) atoms. The first-order valence-electron chi connectivity index (χ1n) is 12.0. The first-order valence-corrected chi connectivity index (χ1v) is 12.0. The van der Waals surface area contributed by atoms with Crippen molar-refractivity contribution in [2.45, 2.75) is 57.8 Å². The number of Topliss-reactive ketones (excluding diaryl/α,β-unsaturated/α-hetero) is 1. The van der Waals surface area contributed by atoms with Crippen molar-refractivity contribution < 1.29 is 34.0 Å². The fraction of sp³-hybridized carbons (Fsp3) is 0.556. The molecule has 5 rings (SSSR count). The van der Waals surface area contributed by atoms with Crippen LogP contribution in [-0.2, 0) is 0 Å². The van der Waals surface area contributed by atoms with Crippen LogP contribution in [0.15, 0.2) is 39.5 Å². The highest BCUT2D eigenvalue weighted by molar-refractivity contribution is 6.02. The fourth-order valence-electron chi connectivity index (χ4n) is 7.10. The molecule has 8 heteroatoms. The number of carbonyl (C=O) groups excluding carboxylic acids is 1. The molecule has 188 valence electrons. The third-order valence-corrected chi connectivity index (χ3v) is 9.11. The standard InChI is InChI=1S/C27H32O8/c1-25-9-8-19(29)26(2,13-28)18(25)12-20(30)27(3)23(25)22(31)21-17(35-27)11-16(34-24(21)32)14-6-5-7-15(10-14)33-4/h5-7,10-11,18-20,23,28-30H,8-9,12-13H2,1-4H3/t18?,19-,20-,23?,25-,26-,27+/m0/s1. The van der Waals surface area contributed by atoms with Crippen LogP contribution < -0.4 is 15.1 Å². The number of carbonyl (C=O) groups is 1. The highest BCUT2D eigenvalue weighted by atomic mass is 16.5. The summed E-state index contributed by atoms with van der Waals surface area (Å²) >= 11 is 0. The van der Waals surface area contributed by atoms with Crippen LogP contribution in [0.3, 0.4) is 0 Å². The minimum atomic E-state index is -1.28. The van der Waals surface area contributed by atoms with Crippen LogP contribution in [0.25, 0.3) is 11.3 Å². The first kappa shape index (κ1) is 24.0. The van der Waals surface area contributed by atoms with Gasteiger partial charge in [0.05, 0.1) is 31.8 Å². The number of ether oxygens (including phenoxy) is 2. The zero-order chi connectivity index (χ0) is 25.3. The van der Waals surface area contributed by atoms with Crippen LogP contribution in [0.5, 0.6) is 11.5 Å². The summed E-state index contributed by atoms with van der Waals surface area (Å²) in [6.07, 6.45) is -0.657. The third-order valence-electron chi connectivity index (χ3n) is 9.11. The van der Waals surface area contributed by atoms with E-state index in [1.54, 1.807) is 38.1 Å². The minimum Gasteiger partial charge on any atom is -0.497 e. The summed E-state index contributed by atoms with van der Waals surface area (Å²) in [5.41, 5.74) is -3.26. The lowest BCUT2D eigenvalue weighted by atomic mass is 9.43. The molecule has 1 aromatic carbocycles. The van der Waals surface area contributed by atoms with Crippen LogP contribution in [0.2, 0.25) is 0 Å². The number of hydrogen-bond acceptors (Lipinski definition) is 8. The Labute approximate surface area is 203 Å². The van der Waals surface area contributed by atoms with Gasteiger partial charge < -0.3 is 29.2 Å². The Balaban J connectivity index is 1.64. The molecule has 0 spiro atoms. The predicted octanol–water partition coefficient (Wildman–Crippen LogP) is 2.81. The Morgan fingerprint density at radius 2 is 1.86 bits per heavy atom. The van der Waals surface area contributed by atoms with Crippen molar-refractivity contribution in [3.63, 3.8) is 0 Å². The van der Waals surface area contributed by atoms with E-state index in [4.69, 9.17) is 13.9 Å². The monoisotopic (exact) mass is 484 g/mol. The van der Waals surface area contributed by atoms with E-state index in [0.29, 0.717) is 24.2 Å². The Morgan fingerprint density at radius 1 is 1.11 bits per heavy atom. The van der Waals surface area contributed by atoms with E-state index in [9.17, 15) is 24.9 Å². The van der Waals surface area contributed by atoms with Gasteiger partial charge in [0.2, 0.25) is 0 Å². The molecule has 0 bridgehead atoms. The second kappa shape index (κ2) is 7.91. The normalized spacial score (nSPS) is 38.1. The maximum atomic E-state index is 14.0. The molecule has 1 aromatic heterocycles. The van der Waals surface area contributed by atoms with Crippen molar-refractivity contribution >= 4 is 5.78 Å². The first-order chi connectivity index (χ1) is 16.5. The van der Waals surface area contributed by atoms with Gasteiger partial charge >= 0.3 is 5.63 Å². The second-order valence-electron chi connectivity index (χ2n) is 11.0. The summed E-state index contributed by atoms with van der Waals surface area (Å²) in [5.74, 6) is -0.730. The van der Waals surface area contributed by atoms with E-state index in [1.807, 2.05) is 6.92 Å². The van der Waals surface area contributed by atoms with Gasteiger partial charge in [0.1, 0.15) is 28.4 Å². The largest absolute Gasteiger partial charge is 0.497 e. The Bertz CT molecular complexity index is 1240. The zero-order valence-corrected chi connectivity index (χ0v) is 20.4. The maximum absolute atomic E-state index is 14.0. The molecule has 2 fully saturated rings. The van der Waals surface area contributed by atoms with Crippen molar-refractivity contribution in [3.8, 4) is 22.8 Å². The van der Waals surface area contributed by atoms with E-state index in [-0.39, 0.29) is 36.0 Å². The molecule has 2 aliphatic carbocycles. The molecule has 2 unspecified atom stereocenters. The molecule has 7 atom stereocenters. The van der Waals surface area contributed by atoms with Crippen molar-refractivity contribution in [1.29, 1.82) is 0 Å². The topological polar surface area (TPSA) is 126 Å². The quantitative estimate of drug-likeness (QED) is 0.607. The van der Waals surface area contributed by atoms with E-state index in [0.717, 1.165) is 0 Å². The number of fused-ring (bicyclic) bond motifs is 4. The van der Waals surface area contributed by atoms with E-state index < -0.39 is 46.0 Å². The number of rotatable bonds is 3. The SMILES string of the molecule is COc1cccc(-c2cc3c(c(=O)o2)C(=O)C2[C@@]4(C)CC[C@H](O)[C@@](C)(CO)C4C[C@H](O)[C@@]2(C)O3)c1. The summed E-state index contributed by atoms with van der Waals surface area (Å²) in [5, 5.41) is 32.3. The Kier molecular flexibility index (Phi) is 5.43. The van der Waals surface area contributed by atoms with E-state index in [1.165, 1.54) is 13.2 Å². The molecule has 8 nitrogen and oxygen atoms in total. The number of aliphatic hydroxyl groups is 3. The molecule has 3 N–H and O–H groups in total. The van der Waals surface area contributed by atoms with Gasteiger partial charge in [-0.15, -0.1) is 0 Å². The number of aliphatic hydroxyl groups excluding tert-OH is 3. The van der Waals surface area contributed by atoms with Crippen LogP contribution in [0.4, 0.5) is 0 Å². The average molecular weight is 485 g/mol. The van der Waals surface area contributed by atoms with Gasteiger partial charge in [-0.2, -0.15) is 0 Å². The number of methoxy groups -OCH3 is 1. The Hall–Kier alpha value is -2.68. The highest BCUT2D eigenvalue weighted by Crippen LogP contribution is 2.64. The molecule has 0 amide bonds. The van der Waals surface area contributed by atoms with Gasteiger partial charge in [-0.05, 0) is 49.7 Å². The van der Waals surface area contributed by atoms with Crippen molar-refractivity contribution in [2.24, 2.45) is 22.7 Å². The maximum Gasteiger partial charge on any atom is 0.351 e. The van der Waals surface area contributed by atoms with Gasteiger partial charge in [-0.25, -0.2) is 4.79 Å². The van der Waals surface area contributed by atoms with Crippen LogP contribution in [0.1, 0.15) is 50.4 Å². The zero-order valence-electron chi connectivity index (χ0n) is 20.4. The summed E-state index contributed by atoms with van der Waals surface area (Å²) in [4.78, 5) is 27.2. The molecule has 3 aliphatic rings. The van der Waals surface area contributed by atoms with E-state index >= 15 is 0 Å². The van der Waals surface area contributed by atoms with Gasteiger partial charge in [-0.1, -0.05) is 26.0 Å². The van der Waals surface area contributed by atoms with E-state index in [2.05, 4.69) is 0 Å². The molecule has 2 aromatic rings. The third kappa shape index (κ3) is 3.23. The second-order valence-corrected chi connectivity index (χ2v) is 11.0. The summed E-state index contributed by atoms with van der Waals surface area (Å²) in [7, 11) is 1.54. The Morgan fingerprint density at radius 3 is 2.54 bits per heavy atom. The summed E-state index contributed by atoms with van der Waals surface area (Å²) < 4.78 is 17.2. The molecule has 0 radical (unpaired) electrons. The summed E-state index contributed by atoms with van der Waals surface area (Å²) in [6.45, 7) is 5.19. The molecule has 1 aliphatic heterocycles. The number of benzene rings is 1. The van der Waals surface area contributed by atoms with Crippen molar-refractivity contribution in [2.75, 3.05) is 13.7 Å². The van der Waals surface area contributed by atoms with Gasteiger partial charge in [-0.3, -0.25) is 4.79 Å². The average Bonchev–Trinajstić information content (AvgIpc) is 2.83. The van der Waals surface area contributed by atoms with Crippen LogP contribution in [-0.4, -0.2) is 52.6 Å². The molecule has 2 saturated carbocycles. The lowest BCUT2D eigenvalue weighted by Crippen LogP contribution is -2.71. The molecular formula is C27H32O8. The predicted molar refractivity (Wildman–Crippen MR) is 126 cm³/mol. The van der Waals surface area contributed by atoms with Gasteiger partial charge in [0.15, 0.2) is 5.78 Å². The summed E-state index contributed by atoms with van der Waals surface area (Å²) in [6, 6.07) is 8.52. The van der Waals surface area contributed by atoms with Gasteiger partial charge in [0.25, 0.3) is 0 Å². The lowest BCUT2D eigenvalue weighted by molar-refractivity contribution is -0.226. The molecule has 2 heterocycles. The smallest absolute Gasteiger partial charge is 0.351 e. The van der Waals surface area contributed by atoms with Crippen molar-refractivity contribution in [1.82, 2.24) is 0 Å². The minimum absolute atomic E-state index is 0.0877. The highest BCUT2D eigenvalue weighted by Gasteiger charge is 2.69. The molecule has 0 saturated heterocycles. The molecular weight excluding hydrogens is 452 g/mol. The van der Waals surface area contributed by atoms with Crippen LogP contribution in [0, 0.1) is 22.7 Å². The van der Waals surface area contributed by atoms with Crippen molar-refractivity contribution in [3.05, 3.63) is 46.3 Å². The van der Waals surface area contributed by atoms with Crippen LogP contribution >= 0.6 is 0 Å². The van der Waals surface area contributed by atoms with Gasteiger partial charge in [0, 0.05) is 17.0 Å². The number of ketones is 1. The fourth-order valence-corrected chi connectivity index (χ4v) is 7.10. The lowest BCUT2D eigenvalue weighted by Gasteiger charge is -2.64.